The molecule has 4 rings (SSSR count). The van der Waals surface area contributed by atoms with Gasteiger partial charge >= 0.3 is 0 Å². The highest BCUT2D eigenvalue weighted by molar-refractivity contribution is 7.99. The number of ether oxygens (including phenoxy) is 1. The maximum Gasteiger partial charge on any atom is 0.261 e. The molecule has 0 bridgehead atoms. The van der Waals surface area contributed by atoms with Gasteiger partial charge in [-0.2, -0.15) is 0 Å². The molecule has 0 spiro atoms. The van der Waals surface area contributed by atoms with Gasteiger partial charge in [-0.05, 0) is 31.7 Å². The van der Waals surface area contributed by atoms with Crippen molar-refractivity contribution in [2.24, 2.45) is 5.92 Å². The number of hydrogen-bond acceptors (Lipinski definition) is 5. The molecule has 5 nitrogen and oxygen atoms in total. The van der Waals surface area contributed by atoms with Crippen molar-refractivity contribution in [3.8, 4) is 5.75 Å². The standard InChI is InChI=1S/C18H21F2N3O2S/c19-12-5-11(25-8-10-1-2-10)6-14-17(12)18(24)23-16(22-14)9-26-15-3-4-21-7-13(15)20/h5-6,10,13,15,21H,1-4,7-9H2,(H,22,23,24)/t13-,15-/m1/s1. The Labute approximate surface area is 153 Å². The second-order valence-electron chi connectivity index (χ2n) is 6.92. The summed E-state index contributed by atoms with van der Waals surface area (Å²) in [4.78, 5) is 19.2. The predicted molar refractivity (Wildman–Crippen MR) is 98.0 cm³/mol. The molecular weight excluding hydrogens is 360 g/mol. The number of benzene rings is 1. The molecule has 2 fully saturated rings. The number of thioether (sulfide) groups is 1. The summed E-state index contributed by atoms with van der Waals surface area (Å²) < 4.78 is 33.8. The minimum absolute atomic E-state index is 0.0669. The van der Waals surface area contributed by atoms with Crippen LogP contribution in [0.3, 0.4) is 0 Å². The number of nitrogens with zero attached hydrogens (tertiary/aromatic N) is 1. The first kappa shape index (κ1) is 17.7. The lowest BCUT2D eigenvalue weighted by Gasteiger charge is -2.25. The van der Waals surface area contributed by atoms with Gasteiger partial charge in [-0.3, -0.25) is 4.79 Å². The minimum Gasteiger partial charge on any atom is -0.493 e. The van der Waals surface area contributed by atoms with E-state index in [2.05, 4.69) is 15.3 Å². The first-order valence-corrected chi connectivity index (χ1v) is 9.96. The summed E-state index contributed by atoms with van der Waals surface area (Å²) in [6.45, 7) is 1.70. The van der Waals surface area contributed by atoms with E-state index in [1.807, 2.05) is 0 Å². The molecule has 8 heteroatoms. The lowest BCUT2D eigenvalue weighted by molar-refractivity contribution is 0.275. The zero-order valence-electron chi connectivity index (χ0n) is 14.3. The lowest BCUT2D eigenvalue weighted by Crippen LogP contribution is -2.39. The topological polar surface area (TPSA) is 67.0 Å². The van der Waals surface area contributed by atoms with Crippen molar-refractivity contribution in [1.82, 2.24) is 15.3 Å². The number of fused-ring (bicyclic) bond motifs is 1. The van der Waals surface area contributed by atoms with Gasteiger partial charge < -0.3 is 15.0 Å². The van der Waals surface area contributed by atoms with Crippen molar-refractivity contribution < 1.29 is 13.5 Å². The van der Waals surface area contributed by atoms with E-state index < -0.39 is 17.5 Å². The van der Waals surface area contributed by atoms with Gasteiger partial charge in [0.15, 0.2) is 0 Å². The van der Waals surface area contributed by atoms with Gasteiger partial charge in [0.1, 0.15) is 28.9 Å². The summed E-state index contributed by atoms with van der Waals surface area (Å²) in [5.41, 5.74) is -0.240. The van der Waals surface area contributed by atoms with Crippen molar-refractivity contribution in [3.63, 3.8) is 0 Å². The van der Waals surface area contributed by atoms with Crippen LogP contribution >= 0.6 is 11.8 Å². The number of piperidine rings is 1. The fraction of sp³-hybridized carbons (Fsp3) is 0.556. The Balaban J connectivity index is 1.54. The maximum absolute atomic E-state index is 14.3. The van der Waals surface area contributed by atoms with Crippen LogP contribution < -0.4 is 15.6 Å². The van der Waals surface area contributed by atoms with Gasteiger partial charge in [-0.15, -0.1) is 11.8 Å². The fourth-order valence-electron chi connectivity index (χ4n) is 3.07. The van der Waals surface area contributed by atoms with E-state index in [9.17, 15) is 13.6 Å². The van der Waals surface area contributed by atoms with Crippen LogP contribution in [0.15, 0.2) is 16.9 Å². The molecule has 0 unspecified atom stereocenters. The van der Waals surface area contributed by atoms with Gasteiger partial charge in [0.2, 0.25) is 0 Å². The van der Waals surface area contributed by atoms with Gasteiger partial charge in [-0.1, -0.05) is 0 Å². The second-order valence-corrected chi connectivity index (χ2v) is 8.15. The van der Waals surface area contributed by atoms with E-state index in [0.29, 0.717) is 36.4 Å². The number of rotatable bonds is 6. The number of nitrogens with one attached hydrogen (secondary N) is 2. The van der Waals surface area contributed by atoms with Crippen LogP contribution in [0.5, 0.6) is 5.75 Å². The zero-order chi connectivity index (χ0) is 18.1. The van der Waals surface area contributed by atoms with Crippen molar-refractivity contribution in [2.45, 2.75) is 36.4 Å². The average Bonchev–Trinajstić information content (AvgIpc) is 3.43. The highest BCUT2D eigenvalue weighted by Crippen LogP contribution is 2.30. The monoisotopic (exact) mass is 381 g/mol. The average molecular weight is 381 g/mol. The summed E-state index contributed by atoms with van der Waals surface area (Å²) >= 11 is 1.43. The lowest BCUT2D eigenvalue weighted by atomic mass is 10.1. The Morgan fingerprint density at radius 2 is 2.15 bits per heavy atom. The molecule has 2 aromatic rings. The van der Waals surface area contributed by atoms with E-state index in [1.165, 1.54) is 17.8 Å². The molecule has 1 saturated carbocycles. The van der Waals surface area contributed by atoms with Gasteiger partial charge in [0.05, 0.1) is 17.9 Å². The number of alkyl halides is 1. The van der Waals surface area contributed by atoms with Crippen LogP contribution in [0, 0.1) is 11.7 Å². The smallest absolute Gasteiger partial charge is 0.261 e. The van der Waals surface area contributed by atoms with Gasteiger partial charge in [0.25, 0.3) is 5.56 Å². The molecule has 2 N–H and O–H groups in total. The van der Waals surface area contributed by atoms with Crippen LogP contribution in [0.2, 0.25) is 0 Å². The molecular formula is C18H21F2N3O2S. The van der Waals surface area contributed by atoms with E-state index >= 15 is 0 Å². The fourth-order valence-corrected chi connectivity index (χ4v) is 4.17. The summed E-state index contributed by atoms with van der Waals surface area (Å²) in [6, 6.07) is 2.84. The number of aromatic amines is 1. The highest BCUT2D eigenvalue weighted by Gasteiger charge is 2.25. The van der Waals surface area contributed by atoms with Crippen LogP contribution in [0.1, 0.15) is 25.1 Å². The van der Waals surface area contributed by atoms with Gasteiger partial charge in [0, 0.05) is 23.9 Å². The third-order valence-corrected chi connectivity index (χ3v) is 6.15. The first-order valence-electron chi connectivity index (χ1n) is 8.92. The normalized spacial score (nSPS) is 23.3. The van der Waals surface area contributed by atoms with E-state index in [4.69, 9.17) is 4.74 Å². The summed E-state index contributed by atoms with van der Waals surface area (Å²) in [5, 5.41) is 2.83. The molecule has 1 aliphatic carbocycles. The van der Waals surface area contributed by atoms with E-state index in [1.54, 1.807) is 6.07 Å². The largest absolute Gasteiger partial charge is 0.493 e. The van der Waals surface area contributed by atoms with E-state index in [0.717, 1.165) is 25.8 Å². The quantitative estimate of drug-likeness (QED) is 0.806. The SMILES string of the molecule is O=c1[nH]c(CS[C@@H]2CCNC[C@H]2F)nc2cc(OCC3CC3)cc(F)c12. The minimum atomic E-state index is -0.916. The Kier molecular flexibility index (Phi) is 5.13. The molecule has 2 aliphatic rings. The third-order valence-electron chi connectivity index (χ3n) is 4.75. The van der Waals surface area contributed by atoms with Crippen molar-refractivity contribution >= 4 is 22.7 Å². The molecule has 0 amide bonds. The Morgan fingerprint density at radius 3 is 2.92 bits per heavy atom. The molecule has 2 heterocycles. The molecule has 1 saturated heterocycles. The molecule has 1 aliphatic heterocycles. The molecule has 1 aromatic carbocycles. The van der Waals surface area contributed by atoms with Crippen molar-refractivity contribution in [3.05, 3.63) is 34.1 Å². The first-order chi connectivity index (χ1) is 12.6. The molecule has 26 heavy (non-hydrogen) atoms. The van der Waals surface area contributed by atoms with Crippen LogP contribution in [0.25, 0.3) is 10.9 Å². The summed E-state index contributed by atoms with van der Waals surface area (Å²) in [7, 11) is 0. The number of aromatic nitrogens is 2. The number of H-pyrrole nitrogens is 1. The van der Waals surface area contributed by atoms with Crippen molar-refractivity contribution in [1.29, 1.82) is 0 Å². The number of halogens is 2. The molecule has 2 atom stereocenters. The molecule has 0 radical (unpaired) electrons. The number of hydrogen-bond donors (Lipinski definition) is 2. The molecule has 140 valence electrons. The third kappa shape index (κ3) is 4.01. The van der Waals surface area contributed by atoms with Gasteiger partial charge in [-0.25, -0.2) is 13.8 Å². The van der Waals surface area contributed by atoms with Crippen LogP contribution in [-0.2, 0) is 5.75 Å². The van der Waals surface area contributed by atoms with E-state index in [-0.39, 0.29) is 16.2 Å². The Hall–Kier alpha value is -1.67. The van der Waals surface area contributed by atoms with Crippen molar-refractivity contribution in [2.75, 3.05) is 19.7 Å². The maximum atomic E-state index is 14.3. The molecule has 1 aromatic heterocycles. The Bertz CT molecular complexity index is 856. The van der Waals surface area contributed by atoms with Crippen LogP contribution in [0.4, 0.5) is 8.78 Å². The Morgan fingerprint density at radius 1 is 1.31 bits per heavy atom. The summed E-state index contributed by atoms with van der Waals surface area (Å²) in [5.74, 6) is 1.11. The zero-order valence-corrected chi connectivity index (χ0v) is 15.1. The highest BCUT2D eigenvalue weighted by atomic mass is 32.2. The predicted octanol–water partition coefficient (Wildman–Crippen LogP) is 2.78. The van der Waals surface area contributed by atoms with Crippen LogP contribution in [-0.4, -0.2) is 41.1 Å². The second kappa shape index (κ2) is 7.52. The summed E-state index contributed by atoms with van der Waals surface area (Å²) in [6.07, 6.45) is 2.10.